The Bertz CT molecular complexity index is 928. The second-order valence-electron chi connectivity index (χ2n) is 6.85. The lowest BCUT2D eigenvalue weighted by molar-refractivity contribution is 0.298. The molecule has 1 atom stereocenters. The fourth-order valence-electron chi connectivity index (χ4n) is 2.97. The van der Waals surface area contributed by atoms with Gasteiger partial charge in [0.25, 0.3) is 0 Å². The first-order chi connectivity index (χ1) is 14.1. The summed E-state index contributed by atoms with van der Waals surface area (Å²) >= 11 is 0. The monoisotopic (exact) mass is 523 g/mol. The zero-order chi connectivity index (χ0) is 20.6. The van der Waals surface area contributed by atoms with Crippen molar-refractivity contribution in [3.63, 3.8) is 0 Å². The highest BCUT2D eigenvalue weighted by Crippen LogP contribution is 2.19. The molecule has 30 heavy (non-hydrogen) atoms. The molecule has 1 heterocycles. The summed E-state index contributed by atoms with van der Waals surface area (Å²) in [6.07, 6.45) is 1.64. The van der Waals surface area contributed by atoms with Crippen LogP contribution in [0.15, 0.2) is 70.3 Å². The predicted octanol–water partition coefficient (Wildman–Crippen LogP) is 4.07. The summed E-state index contributed by atoms with van der Waals surface area (Å²) in [5.41, 5.74) is 2.76. The Morgan fingerprint density at radius 1 is 1.10 bits per heavy atom. The number of nitrogens with one attached hydrogen (secondary N) is 2. The van der Waals surface area contributed by atoms with Gasteiger partial charge in [-0.05, 0) is 43.9 Å². The summed E-state index contributed by atoms with van der Waals surface area (Å²) in [5.74, 6) is 1.01. The summed E-state index contributed by atoms with van der Waals surface area (Å²) in [7, 11) is 5.70. The summed E-state index contributed by atoms with van der Waals surface area (Å²) in [4.78, 5) is 10.9. The molecule has 2 aromatic carbocycles. The molecule has 6 nitrogen and oxygen atoms in total. The van der Waals surface area contributed by atoms with Crippen molar-refractivity contribution < 1.29 is 8.81 Å². The molecule has 0 saturated heterocycles. The van der Waals surface area contributed by atoms with E-state index in [-0.39, 0.29) is 35.8 Å². The quantitative estimate of drug-likeness (QED) is 0.278. The highest BCUT2D eigenvalue weighted by molar-refractivity contribution is 14.0. The lowest BCUT2D eigenvalue weighted by Gasteiger charge is -2.26. The number of oxazole rings is 1. The molecular formula is C22H27FIN5O. The van der Waals surface area contributed by atoms with E-state index in [0.29, 0.717) is 24.9 Å². The third-order valence-electron chi connectivity index (χ3n) is 4.57. The topological polar surface area (TPSA) is 65.7 Å². The van der Waals surface area contributed by atoms with Crippen LogP contribution in [0.1, 0.15) is 17.3 Å². The largest absolute Gasteiger partial charge is 0.444 e. The SMILES string of the molecule is CN=C(NCc1coc(-c2ccccc2)n1)NCC(c1ccc(F)cc1)N(C)C.I. The van der Waals surface area contributed by atoms with Gasteiger partial charge in [-0.3, -0.25) is 4.99 Å². The summed E-state index contributed by atoms with van der Waals surface area (Å²) in [6, 6.07) is 16.4. The molecule has 3 rings (SSSR count). The van der Waals surface area contributed by atoms with Gasteiger partial charge in [0, 0.05) is 19.2 Å². The Kier molecular flexibility index (Phi) is 9.25. The van der Waals surface area contributed by atoms with Crippen LogP contribution in [-0.4, -0.2) is 43.5 Å². The lowest BCUT2D eigenvalue weighted by Crippen LogP contribution is -2.41. The fraction of sp³-hybridized carbons (Fsp3) is 0.273. The van der Waals surface area contributed by atoms with Crippen LogP contribution in [0.25, 0.3) is 11.5 Å². The molecule has 3 aromatic rings. The molecule has 0 aliphatic rings. The molecule has 0 saturated carbocycles. The van der Waals surface area contributed by atoms with Gasteiger partial charge in [-0.1, -0.05) is 30.3 Å². The van der Waals surface area contributed by atoms with Crippen LogP contribution in [0.4, 0.5) is 4.39 Å². The van der Waals surface area contributed by atoms with E-state index in [9.17, 15) is 4.39 Å². The minimum absolute atomic E-state index is 0. The van der Waals surface area contributed by atoms with Gasteiger partial charge in [-0.15, -0.1) is 24.0 Å². The van der Waals surface area contributed by atoms with Gasteiger partial charge >= 0.3 is 0 Å². The Hall–Kier alpha value is -2.46. The third-order valence-corrected chi connectivity index (χ3v) is 4.57. The molecule has 160 valence electrons. The Labute approximate surface area is 193 Å². The average molecular weight is 523 g/mol. The molecule has 8 heteroatoms. The number of guanidine groups is 1. The molecule has 0 fully saturated rings. The van der Waals surface area contributed by atoms with E-state index in [4.69, 9.17) is 4.42 Å². The Balaban J connectivity index is 0.00000320. The van der Waals surface area contributed by atoms with Crippen LogP contribution >= 0.6 is 24.0 Å². The van der Waals surface area contributed by atoms with Crippen LogP contribution in [0.2, 0.25) is 0 Å². The van der Waals surface area contributed by atoms with E-state index in [1.54, 1.807) is 25.4 Å². The number of halogens is 2. The lowest BCUT2D eigenvalue weighted by atomic mass is 10.1. The minimum Gasteiger partial charge on any atom is -0.444 e. The van der Waals surface area contributed by atoms with Crippen molar-refractivity contribution in [2.75, 3.05) is 27.7 Å². The van der Waals surface area contributed by atoms with E-state index >= 15 is 0 Å². The molecule has 2 N–H and O–H groups in total. The number of benzene rings is 2. The number of aromatic nitrogens is 1. The molecule has 0 amide bonds. The number of hydrogen-bond donors (Lipinski definition) is 2. The summed E-state index contributed by atoms with van der Waals surface area (Å²) in [5, 5.41) is 6.56. The van der Waals surface area contributed by atoms with Crippen molar-refractivity contribution in [1.82, 2.24) is 20.5 Å². The van der Waals surface area contributed by atoms with Crippen molar-refractivity contribution in [3.05, 3.63) is 77.9 Å². The van der Waals surface area contributed by atoms with Crippen LogP contribution in [0, 0.1) is 5.82 Å². The summed E-state index contributed by atoms with van der Waals surface area (Å²) in [6.45, 7) is 1.10. The van der Waals surface area contributed by atoms with Crippen molar-refractivity contribution in [3.8, 4) is 11.5 Å². The zero-order valence-corrected chi connectivity index (χ0v) is 19.6. The van der Waals surface area contributed by atoms with Crippen LogP contribution < -0.4 is 10.6 Å². The van der Waals surface area contributed by atoms with Crippen LogP contribution in [0.3, 0.4) is 0 Å². The second-order valence-corrected chi connectivity index (χ2v) is 6.85. The van der Waals surface area contributed by atoms with Gasteiger partial charge in [0.05, 0.1) is 18.3 Å². The number of aliphatic imine (C=N–C) groups is 1. The van der Waals surface area contributed by atoms with Gasteiger partial charge in [-0.2, -0.15) is 0 Å². The first-order valence-electron chi connectivity index (χ1n) is 9.43. The number of nitrogens with zero attached hydrogens (tertiary/aromatic N) is 3. The number of hydrogen-bond acceptors (Lipinski definition) is 4. The van der Waals surface area contributed by atoms with E-state index in [2.05, 4.69) is 25.5 Å². The average Bonchev–Trinajstić information content (AvgIpc) is 3.21. The van der Waals surface area contributed by atoms with Crippen LogP contribution in [-0.2, 0) is 6.54 Å². The standard InChI is InChI=1S/C22H26FN5O.HI/c1-24-22(26-14-20(28(2)3)16-9-11-18(23)12-10-16)25-13-19-15-29-21(27-19)17-7-5-4-6-8-17;/h4-12,15,20H,13-14H2,1-3H3,(H2,24,25,26);1H. The number of likely N-dealkylation sites (N-methyl/N-ethyl adjacent to an activating group) is 1. The first-order valence-corrected chi connectivity index (χ1v) is 9.43. The molecule has 0 aliphatic heterocycles. The predicted molar refractivity (Wildman–Crippen MR) is 128 cm³/mol. The van der Waals surface area contributed by atoms with Gasteiger partial charge in [0.1, 0.15) is 12.1 Å². The summed E-state index contributed by atoms with van der Waals surface area (Å²) < 4.78 is 18.8. The molecular weight excluding hydrogens is 496 g/mol. The number of rotatable bonds is 7. The third kappa shape index (κ3) is 6.53. The Morgan fingerprint density at radius 3 is 2.43 bits per heavy atom. The van der Waals surface area contributed by atoms with Gasteiger partial charge < -0.3 is 20.0 Å². The van der Waals surface area contributed by atoms with Gasteiger partial charge in [0.15, 0.2) is 5.96 Å². The molecule has 0 radical (unpaired) electrons. The van der Waals surface area contributed by atoms with E-state index in [0.717, 1.165) is 16.8 Å². The molecule has 0 aliphatic carbocycles. The van der Waals surface area contributed by atoms with Crippen LogP contribution in [0.5, 0.6) is 0 Å². The molecule has 1 unspecified atom stereocenters. The van der Waals surface area contributed by atoms with Crippen molar-refractivity contribution in [2.45, 2.75) is 12.6 Å². The maximum Gasteiger partial charge on any atom is 0.226 e. The smallest absolute Gasteiger partial charge is 0.226 e. The second kappa shape index (κ2) is 11.7. The van der Waals surface area contributed by atoms with E-state index < -0.39 is 0 Å². The zero-order valence-electron chi connectivity index (χ0n) is 17.3. The van der Waals surface area contributed by atoms with Crippen molar-refractivity contribution in [2.24, 2.45) is 4.99 Å². The van der Waals surface area contributed by atoms with Gasteiger partial charge in [0.2, 0.25) is 5.89 Å². The molecule has 0 bridgehead atoms. The van der Waals surface area contributed by atoms with E-state index in [1.807, 2.05) is 44.4 Å². The molecule has 0 spiro atoms. The fourth-order valence-corrected chi connectivity index (χ4v) is 2.97. The normalized spacial score (nSPS) is 12.4. The highest BCUT2D eigenvalue weighted by Gasteiger charge is 2.15. The highest BCUT2D eigenvalue weighted by atomic mass is 127. The van der Waals surface area contributed by atoms with E-state index in [1.165, 1.54) is 12.1 Å². The Morgan fingerprint density at radius 2 is 1.80 bits per heavy atom. The maximum atomic E-state index is 13.2. The molecule has 1 aromatic heterocycles. The van der Waals surface area contributed by atoms with Crippen molar-refractivity contribution >= 4 is 29.9 Å². The van der Waals surface area contributed by atoms with Gasteiger partial charge in [-0.25, -0.2) is 9.37 Å². The van der Waals surface area contributed by atoms with Crippen molar-refractivity contribution in [1.29, 1.82) is 0 Å². The first kappa shape index (κ1) is 23.8. The maximum absolute atomic E-state index is 13.2. The minimum atomic E-state index is -0.237.